The third-order valence-electron chi connectivity index (χ3n) is 5.14. The second-order valence-electron chi connectivity index (χ2n) is 7.17. The van der Waals surface area contributed by atoms with Crippen LogP contribution in [0, 0.1) is 0 Å². The van der Waals surface area contributed by atoms with Gasteiger partial charge in [-0.05, 0) is 18.2 Å². The van der Waals surface area contributed by atoms with Gasteiger partial charge < -0.3 is 39.1 Å². The van der Waals surface area contributed by atoms with E-state index in [4.69, 9.17) is 18.6 Å². The van der Waals surface area contributed by atoms with Crippen LogP contribution in [0.2, 0.25) is 0 Å². The van der Waals surface area contributed by atoms with E-state index in [1.165, 1.54) is 13.2 Å². The van der Waals surface area contributed by atoms with E-state index in [9.17, 15) is 30.0 Å². The number of hydrogen-bond acceptors (Lipinski definition) is 9. The van der Waals surface area contributed by atoms with E-state index in [-0.39, 0.29) is 22.5 Å². The van der Waals surface area contributed by atoms with Crippen LogP contribution >= 0.6 is 0 Å². The Hall–Kier alpha value is -3.44. The summed E-state index contributed by atoms with van der Waals surface area (Å²) in [6.45, 7) is 0. The molecular weight excluding hydrogens is 424 g/mol. The zero-order valence-corrected chi connectivity index (χ0v) is 16.7. The minimum Gasteiger partial charge on any atom is -0.497 e. The van der Waals surface area contributed by atoms with Crippen molar-refractivity contribution in [3.05, 3.63) is 58.8 Å². The fourth-order valence-electron chi connectivity index (χ4n) is 3.44. The molecule has 32 heavy (non-hydrogen) atoms. The summed E-state index contributed by atoms with van der Waals surface area (Å²) < 4.78 is 21.8. The number of fused-ring (bicyclic) bond motifs is 1. The number of rotatable bonds is 5. The van der Waals surface area contributed by atoms with Gasteiger partial charge in [-0.3, -0.25) is 4.79 Å². The topological polar surface area (TPSA) is 156 Å². The summed E-state index contributed by atoms with van der Waals surface area (Å²) in [6.07, 6.45) is -9.28. The predicted molar refractivity (Wildman–Crippen MR) is 109 cm³/mol. The van der Waals surface area contributed by atoms with Gasteiger partial charge in [0.25, 0.3) is 0 Å². The van der Waals surface area contributed by atoms with Crippen molar-refractivity contribution in [1.82, 2.24) is 0 Å². The molecule has 4 rings (SSSR count). The Morgan fingerprint density at radius 2 is 1.72 bits per heavy atom. The van der Waals surface area contributed by atoms with Gasteiger partial charge in [-0.1, -0.05) is 30.3 Å². The highest BCUT2D eigenvalue weighted by Gasteiger charge is 2.48. The van der Waals surface area contributed by atoms with Gasteiger partial charge in [-0.2, -0.15) is 0 Å². The van der Waals surface area contributed by atoms with Crippen LogP contribution in [0.15, 0.2) is 57.7 Å². The SMILES string of the molecule is COc1ccc2oc(-c3ccccc3)c(OC3O[C@H](C(=O)O)[C@@H](O)[C@H](O)[C@H]3O)c(=O)c2c1. The average molecular weight is 444 g/mol. The van der Waals surface area contributed by atoms with Gasteiger partial charge in [-0.25, -0.2) is 4.79 Å². The van der Waals surface area contributed by atoms with E-state index in [0.29, 0.717) is 11.3 Å². The van der Waals surface area contributed by atoms with Gasteiger partial charge in [0, 0.05) is 5.56 Å². The number of carbonyl (C=O) groups is 1. The summed E-state index contributed by atoms with van der Waals surface area (Å²) in [4.78, 5) is 24.7. The monoisotopic (exact) mass is 444 g/mol. The first-order valence-corrected chi connectivity index (χ1v) is 9.61. The molecule has 3 aromatic rings. The lowest BCUT2D eigenvalue weighted by molar-refractivity contribution is -0.271. The molecule has 4 N–H and O–H groups in total. The summed E-state index contributed by atoms with van der Waals surface area (Å²) in [5, 5.41) is 39.6. The summed E-state index contributed by atoms with van der Waals surface area (Å²) >= 11 is 0. The van der Waals surface area contributed by atoms with Gasteiger partial charge in [0.2, 0.25) is 17.5 Å². The zero-order valence-electron chi connectivity index (χ0n) is 16.7. The Kier molecular flexibility index (Phi) is 5.85. The van der Waals surface area contributed by atoms with Gasteiger partial charge in [0.1, 0.15) is 29.6 Å². The maximum atomic E-state index is 13.3. The molecule has 0 bridgehead atoms. The van der Waals surface area contributed by atoms with Gasteiger partial charge in [0.15, 0.2) is 11.9 Å². The van der Waals surface area contributed by atoms with E-state index in [0.717, 1.165) is 0 Å². The molecular formula is C22H20O10. The lowest BCUT2D eigenvalue weighted by Gasteiger charge is -2.38. The molecule has 5 atom stereocenters. The van der Waals surface area contributed by atoms with Gasteiger partial charge in [-0.15, -0.1) is 0 Å². The van der Waals surface area contributed by atoms with E-state index in [1.807, 2.05) is 0 Å². The Bertz CT molecular complexity index is 1190. The minimum absolute atomic E-state index is 0.0107. The largest absolute Gasteiger partial charge is 0.497 e. The van der Waals surface area contributed by atoms with Crippen molar-refractivity contribution in [1.29, 1.82) is 0 Å². The normalized spacial score (nSPS) is 25.4. The van der Waals surface area contributed by atoms with E-state index >= 15 is 0 Å². The molecule has 0 aliphatic carbocycles. The molecule has 1 aliphatic heterocycles. The standard InChI is InChI=1S/C22H20O10/c1-29-11-7-8-13-12(9-11)14(23)19(18(30-13)10-5-3-2-4-6-10)31-22-17(26)15(24)16(25)20(32-22)21(27)28/h2-9,15-17,20,22,24-26H,1H3,(H,27,28)/t15-,16-,17+,20-,22?/m0/s1. The van der Waals surface area contributed by atoms with Gasteiger partial charge in [0.05, 0.1) is 12.5 Å². The van der Waals surface area contributed by atoms with E-state index in [1.54, 1.807) is 42.5 Å². The number of carboxylic acids is 1. The zero-order chi connectivity index (χ0) is 23.0. The highest BCUT2D eigenvalue weighted by atomic mass is 16.7. The number of ether oxygens (including phenoxy) is 3. The summed E-state index contributed by atoms with van der Waals surface area (Å²) in [7, 11) is 1.43. The first kappa shape index (κ1) is 21.8. The number of aliphatic hydroxyl groups excluding tert-OH is 3. The molecule has 1 aliphatic rings. The van der Waals surface area contributed by atoms with Crippen LogP contribution in [0.25, 0.3) is 22.3 Å². The fourth-order valence-corrected chi connectivity index (χ4v) is 3.44. The summed E-state index contributed by atoms with van der Waals surface area (Å²) in [5.74, 6) is -1.54. The van der Waals surface area contributed by atoms with Crippen LogP contribution in [-0.4, -0.2) is 64.2 Å². The van der Waals surface area contributed by atoms with E-state index in [2.05, 4.69) is 0 Å². The quantitative estimate of drug-likeness (QED) is 0.443. The Balaban J connectivity index is 1.85. The third kappa shape index (κ3) is 3.80. The molecule has 0 amide bonds. The third-order valence-corrected chi connectivity index (χ3v) is 5.14. The summed E-state index contributed by atoms with van der Waals surface area (Å²) in [5.41, 5.74) is 0.0799. The molecule has 1 unspecified atom stereocenters. The van der Waals surface area contributed by atoms with Crippen LogP contribution in [0.3, 0.4) is 0 Å². The fraction of sp³-hybridized carbons (Fsp3) is 0.273. The molecule has 1 saturated heterocycles. The Labute approximate surface area is 180 Å². The molecule has 0 saturated carbocycles. The number of methoxy groups -OCH3 is 1. The average Bonchev–Trinajstić information content (AvgIpc) is 2.80. The molecule has 10 nitrogen and oxygen atoms in total. The molecule has 2 heterocycles. The first-order chi connectivity index (χ1) is 15.3. The van der Waals surface area contributed by atoms with Crippen LogP contribution in [0.4, 0.5) is 0 Å². The van der Waals surface area contributed by atoms with Crippen molar-refractivity contribution in [2.24, 2.45) is 0 Å². The number of hydrogen-bond donors (Lipinski definition) is 4. The smallest absolute Gasteiger partial charge is 0.335 e. The highest BCUT2D eigenvalue weighted by Crippen LogP contribution is 2.34. The van der Waals surface area contributed by atoms with E-state index < -0.39 is 42.1 Å². The van der Waals surface area contributed by atoms with Crippen LogP contribution in [-0.2, 0) is 9.53 Å². The second kappa shape index (κ2) is 8.60. The molecule has 0 spiro atoms. The van der Waals surface area contributed by atoms with Crippen LogP contribution < -0.4 is 14.9 Å². The number of benzene rings is 2. The van der Waals surface area contributed by atoms with Crippen molar-refractivity contribution in [2.45, 2.75) is 30.7 Å². The Morgan fingerprint density at radius 3 is 2.38 bits per heavy atom. The molecule has 0 radical (unpaired) electrons. The lowest BCUT2D eigenvalue weighted by atomic mass is 9.99. The first-order valence-electron chi connectivity index (χ1n) is 9.61. The van der Waals surface area contributed by atoms with Crippen molar-refractivity contribution in [3.63, 3.8) is 0 Å². The highest BCUT2D eigenvalue weighted by molar-refractivity contribution is 5.83. The second-order valence-corrected chi connectivity index (χ2v) is 7.17. The van der Waals surface area contributed by atoms with Gasteiger partial charge >= 0.3 is 5.97 Å². The van der Waals surface area contributed by atoms with Crippen molar-refractivity contribution >= 4 is 16.9 Å². The van der Waals surface area contributed by atoms with Crippen molar-refractivity contribution < 1.29 is 43.8 Å². The summed E-state index contributed by atoms with van der Waals surface area (Å²) in [6, 6.07) is 13.1. The number of aliphatic hydroxyl groups is 3. The molecule has 1 fully saturated rings. The maximum Gasteiger partial charge on any atom is 0.335 e. The number of aliphatic carboxylic acids is 1. The van der Waals surface area contributed by atoms with Crippen LogP contribution in [0.1, 0.15) is 0 Å². The minimum atomic E-state index is -1.90. The van der Waals surface area contributed by atoms with Crippen molar-refractivity contribution in [3.8, 4) is 22.8 Å². The molecule has 2 aromatic carbocycles. The molecule has 10 heteroatoms. The maximum absolute atomic E-state index is 13.3. The van der Waals surface area contributed by atoms with Crippen molar-refractivity contribution in [2.75, 3.05) is 7.11 Å². The molecule has 168 valence electrons. The number of carboxylic acid groups (broad SMARTS) is 1. The lowest BCUT2D eigenvalue weighted by Crippen LogP contribution is -2.61. The Morgan fingerprint density at radius 1 is 1.00 bits per heavy atom. The van der Waals surface area contributed by atoms with Crippen LogP contribution in [0.5, 0.6) is 11.5 Å². The molecule has 1 aromatic heterocycles. The predicted octanol–water partition coefficient (Wildman–Crippen LogP) is 0.740.